The molecule has 0 radical (unpaired) electrons. The van der Waals surface area contributed by atoms with E-state index in [0.717, 1.165) is 0 Å². The van der Waals surface area contributed by atoms with E-state index in [2.05, 4.69) is 31.2 Å². The second kappa shape index (κ2) is 3.75. The van der Waals surface area contributed by atoms with E-state index in [1.807, 2.05) is 0 Å². The average Bonchev–Trinajstić information content (AvgIpc) is 2.31. The van der Waals surface area contributed by atoms with Gasteiger partial charge in [0.2, 0.25) is 0 Å². The van der Waals surface area contributed by atoms with Gasteiger partial charge in [-0.05, 0) is 36.3 Å². The maximum absolute atomic E-state index is 2.41. The van der Waals surface area contributed by atoms with Crippen LogP contribution in [0.3, 0.4) is 0 Å². The standard InChI is InChI=1S/C11H14.CH4/c1-9-4-2-5-10-6-3-7-11(10)8-9;/h2,4-5,8-9H,3,6-7H2,1H3;1H4. The van der Waals surface area contributed by atoms with E-state index in [1.54, 1.807) is 11.1 Å². The molecule has 0 heterocycles. The molecule has 1 unspecified atom stereocenters. The molecule has 12 heavy (non-hydrogen) atoms. The maximum Gasteiger partial charge on any atom is -0.00728 e. The first-order valence-electron chi connectivity index (χ1n) is 4.45. The number of allylic oxidation sites excluding steroid dienone is 6. The van der Waals surface area contributed by atoms with Crippen molar-refractivity contribution in [1.82, 2.24) is 0 Å². The van der Waals surface area contributed by atoms with Crippen LogP contribution in [0.15, 0.2) is 35.5 Å². The highest BCUT2D eigenvalue weighted by Gasteiger charge is 2.14. The van der Waals surface area contributed by atoms with Gasteiger partial charge in [-0.3, -0.25) is 0 Å². The first-order valence-corrected chi connectivity index (χ1v) is 4.45. The minimum absolute atomic E-state index is 0. The predicted molar refractivity (Wildman–Crippen MR) is 55.1 cm³/mol. The van der Waals surface area contributed by atoms with Crippen LogP contribution in [0.2, 0.25) is 0 Å². The lowest BCUT2D eigenvalue weighted by Crippen LogP contribution is -1.83. The fourth-order valence-corrected chi connectivity index (χ4v) is 1.89. The summed E-state index contributed by atoms with van der Waals surface area (Å²) in [5, 5.41) is 0. The molecule has 0 aromatic carbocycles. The molecule has 0 aromatic heterocycles. The summed E-state index contributed by atoms with van der Waals surface area (Å²) in [7, 11) is 0. The summed E-state index contributed by atoms with van der Waals surface area (Å²) in [5.74, 6) is 0.636. The molecule has 2 aliphatic carbocycles. The highest BCUT2D eigenvalue weighted by molar-refractivity contribution is 5.40. The Morgan fingerprint density at radius 3 is 2.83 bits per heavy atom. The summed E-state index contributed by atoms with van der Waals surface area (Å²) in [6, 6.07) is 0. The monoisotopic (exact) mass is 162 g/mol. The highest BCUT2D eigenvalue weighted by atomic mass is 14.2. The van der Waals surface area contributed by atoms with Gasteiger partial charge in [-0.15, -0.1) is 0 Å². The van der Waals surface area contributed by atoms with Crippen molar-refractivity contribution in [1.29, 1.82) is 0 Å². The first-order chi connectivity index (χ1) is 5.36. The fraction of sp³-hybridized carbons (Fsp3) is 0.500. The van der Waals surface area contributed by atoms with Gasteiger partial charge in [0.05, 0.1) is 0 Å². The topological polar surface area (TPSA) is 0 Å². The smallest absolute Gasteiger partial charge is 0.00728 e. The second-order valence-corrected chi connectivity index (χ2v) is 3.48. The van der Waals surface area contributed by atoms with Crippen LogP contribution in [0.1, 0.15) is 33.6 Å². The fourth-order valence-electron chi connectivity index (χ4n) is 1.89. The summed E-state index contributed by atoms with van der Waals surface area (Å²) in [6.45, 7) is 2.25. The minimum Gasteiger partial charge on any atom is -0.0779 e. The maximum atomic E-state index is 2.41. The van der Waals surface area contributed by atoms with Crippen molar-refractivity contribution in [2.45, 2.75) is 33.6 Å². The van der Waals surface area contributed by atoms with Crippen molar-refractivity contribution in [3.05, 3.63) is 35.5 Å². The molecule has 0 heteroatoms. The van der Waals surface area contributed by atoms with Crippen LogP contribution in [0.5, 0.6) is 0 Å². The molecule has 0 amide bonds. The highest BCUT2D eigenvalue weighted by Crippen LogP contribution is 2.32. The van der Waals surface area contributed by atoms with Crippen LogP contribution in [0.4, 0.5) is 0 Å². The Morgan fingerprint density at radius 2 is 2.00 bits per heavy atom. The lowest BCUT2D eigenvalue weighted by atomic mass is 10.1. The minimum atomic E-state index is 0. The van der Waals surface area contributed by atoms with Gasteiger partial charge in [-0.1, -0.05) is 38.7 Å². The molecule has 0 aromatic rings. The van der Waals surface area contributed by atoms with Gasteiger partial charge in [-0.2, -0.15) is 0 Å². The molecule has 66 valence electrons. The summed E-state index contributed by atoms with van der Waals surface area (Å²) in [4.78, 5) is 0. The van der Waals surface area contributed by atoms with Gasteiger partial charge < -0.3 is 0 Å². The van der Waals surface area contributed by atoms with Crippen molar-refractivity contribution >= 4 is 0 Å². The predicted octanol–water partition coefficient (Wildman–Crippen LogP) is 3.87. The Kier molecular flexibility index (Phi) is 2.91. The van der Waals surface area contributed by atoms with Gasteiger partial charge in [0.15, 0.2) is 0 Å². The molecule has 0 saturated heterocycles. The van der Waals surface area contributed by atoms with E-state index in [9.17, 15) is 0 Å². The lowest BCUT2D eigenvalue weighted by Gasteiger charge is -1.99. The third kappa shape index (κ3) is 1.69. The SMILES string of the molecule is C.CC1C=CC=C2CCCC2=C1. The Labute approximate surface area is 75.7 Å². The number of fused-ring (bicyclic) bond motifs is 1. The molecule has 2 rings (SSSR count). The zero-order valence-corrected chi connectivity index (χ0v) is 7.01. The Balaban J connectivity index is 0.000000720. The summed E-state index contributed by atoms with van der Waals surface area (Å²) in [6.07, 6.45) is 13.1. The number of rotatable bonds is 0. The largest absolute Gasteiger partial charge is 0.0779 e. The molecule has 0 N–H and O–H groups in total. The summed E-state index contributed by atoms with van der Waals surface area (Å²) in [5.41, 5.74) is 3.17. The van der Waals surface area contributed by atoms with Gasteiger partial charge in [-0.25, -0.2) is 0 Å². The molecule has 2 aliphatic rings. The van der Waals surface area contributed by atoms with Crippen LogP contribution in [-0.2, 0) is 0 Å². The van der Waals surface area contributed by atoms with E-state index in [4.69, 9.17) is 0 Å². The zero-order valence-electron chi connectivity index (χ0n) is 7.01. The molecule has 1 atom stereocenters. The number of hydrogen-bond donors (Lipinski definition) is 0. The zero-order chi connectivity index (χ0) is 7.68. The van der Waals surface area contributed by atoms with Crippen molar-refractivity contribution in [2.75, 3.05) is 0 Å². The molecule has 0 spiro atoms. The van der Waals surface area contributed by atoms with E-state index >= 15 is 0 Å². The molecule has 0 nitrogen and oxygen atoms in total. The van der Waals surface area contributed by atoms with E-state index in [0.29, 0.717) is 5.92 Å². The van der Waals surface area contributed by atoms with E-state index in [1.165, 1.54) is 19.3 Å². The quantitative estimate of drug-likeness (QED) is 0.507. The Hall–Kier alpha value is -0.780. The van der Waals surface area contributed by atoms with Crippen LogP contribution >= 0.6 is 0 Å². The van der Waals surface area contributed by atoms with E-state index in [-0.39, 0.29) is 7.43 Å². The van der Waals surface area contributed by atoms with Crippen molar-refractivity contribution in [3.63, 3.8) is 0 Å². The van der Waals surface area contributed by atoms with Gasteiger partial charge in [0.25, 0.3) is 0 Å². The Bertz CT molecular complexity index is 241. The third-order valence-electron chi connectivity index (χ3n) is 2.48. The van der Waals surface area contributed by atoms with Crippen LogP contribution < -0.4 is 0 Å². The average molecular weight is 162 g/mol. The molecule has 0 bridgehead atoms. The second-order valence-electron chi connectivity index (χ2n) is 3.48. The third-order valence-corrected chi connectivity index (χ3v) is 2.48. The number of hydrogen-bond acceptors (Lipinski definition) is 0. The normalized spacial score (nSPS) is 26.6. The van der Waals surface area contributed by atoms with Crippen LogP contribution in [-0.4, -0.2) is 0 Å². The van der Waals surface area contributed by atoms with Gasteiger partial charge in [0.1, 0.15) is 0 Å². The van der Waals surface area contributed by atoms with Crippen molar-refractivity contribution < 1.29 is 0 Å². The molecule has 1 saturated carbocycles. The van der Waals surface area contributed by atoms with Gasteiger partial charge in [0, 0.05) is 0 Å². The van der Waals surface area contributed by atoms with Crippen LogP contribution in [0, 0.1) is 5.92 Å². The van der Waals surface area contributed by atoms with Crippen molar-refractivity contribution in [3.8, 4) is 0 Å². The van der Waals surface area contributed by atoms with Crippen LogP contribution in [0.25, 0.3) is 0 Å². The summed E-state index contributed by atoms with van der Waals surface area (Å²) < 4.78 is 0. The molecular formula is C12H18. The first kappa shape index (κ1) is 9.31. The molecule has 0 aliphatic heterocycles. The van der Waals surface area contributed by atoms with Gasteiger partial charge >= 0.3 is 0 Å². The molecular weight excluding hydrogens is 144 g/mol. The Morgan fingerprint density at radius 1 is 1.25 bits per heavy atom. The molecule has 1 fully saturated rings. The van der Waals surface area contributed by atoms with E-state index < -0.39 is 0 Å². The lowest BCUT2D eigenvalue weighted by molar-refractivity contribution is 0.900. The van der Waals surface area contributed by atoms with Crippen molar-refractivity contribution in [2.24, 2.45) is 5.92 Å². The summed E-state index contributed by atoms with van der Waals surface area (Å²) >= 11 is 0.